The first-order valence-electron chi connectivity index (χ1n) is 4.85. The van der Waals surface area contributed by atoms with Gasteiger partial charge in [-0.05, 0) is 25.1 Å². The maximum absolute atomic E-state index is 10.6. The number of aryl methyl sites for hydroxylation is 1. The molecule has 0 fully saturated rings. The largest absolute Gasteiger partial charge is 0.497 e. The zero-order valence-electron chi connectivity index (χ0n) is 9.10. The molecule has 1 N–H and O–H groups in total. The van der Waals surface area contributed by atoms with Crippen molar-refractivity contribution in [2.75, 3.05) is 7.11 Å². The number of ether oxygens (including phenoxy) is 1. The van der Waals surface area contributed by atoms with Crippen LogP contribution in [-0.2, 0) is 11.3 Å². The summed E-state index contributed by atoms with van der Waals surface area (Å²) in [6.07, 6.45) is 0. The van der Waals surface area contributed by atoms with E-state index < -0.39 is 5.97 Å². The van der Waals surface area contributed by atoms with E-state index in [9.17, 15) is 4.79 Å². The quantitative estimate of drug-likeness (QED) is 0.850. The molecule has 0 saturated heterocycles. The number of carbonyl (C=O) groups is 1. The van der Waals surface area contributed by atoms with Crippen LogP contribution in [0.3, 0.4) is 0 Å². The summed E-state index contributed by atoms with van der Waals surface area (Å²) >= 11 is 0. The number of benzene rings is 1. The molecular formula is C11H12N2O3. The van der Waals surface area contributed by atoms with Crippen molar-refractivity contribution in [3.05, 3.63) is 23.9 Å². The first-order chi connectivity index (χ1) is 7.61. The topological polar surface area (TPSA) is 64.4 Å². The van der Waals surface area contributed by atoms with Gasteiger partial charge in [-0.3, -0.25) is 9.48 Å². The third-order valence-electron chi connectivity index (χ3n) is 2.49. The Labute approximate surface area is 92.2 Å². The lowest BCUT2D eigenvalue weighted by atomic mass is 10.2. The van der Waals surface area contributed by atoms with E-state index in [1.807, 2.05) is 19.1 Å². The Morgan fingerprint density at radius 2 is 2.31 bits per heavy atom. The lowest BCUT2D eigenvalue weighted by Crippen LogP contribution is -2.11. The number of rotatable bonds is 3. The lowest BCUT2D eigenvalue weighted by molar-refractivity contribution is -0.137. The van der Waals surface area contributed by atoms with E-state index in [1.165, 1.54) is 4.68 Å². The Bertz CT molecular complexity index is 545. The van der Waals surface area contributed by atoms with Gasteiger partial charge in [-0.25, -0.2) is 0 Å². The maximum atomic E-state index is 10.6. The van der Waals surface area contributed by atoms with Crippen molar-refractivity contribution in [2.45, 2.75) is 13.5 Å². The van der Waals surface area contributed by atoms with Gasteiger partial charge in [0.1, 0.15) is 12.3 Å². The first kappa shape index (κ1) is 10.5. The van der Waals surface area contributed by atoms with Gasteiger partial charge in [0, 0.05) is 11.1 Å². The predicted molar refractivity (Wildman–Crippen MR) is 58.7 cm³/mol. The van der Waals surface area contributed by atoms with Crippen LogP contribution in [0.4, 0.5) is 0 Å². The predicted octanol–water partition coefficient (Wildman–Crippen LogP) is 1.44. The monoisotopic (exact) mass is 220 g/mol. The molecule has 0 spiro atoms. The molecule has 2 aromatic rings. The fourth-order valence-corrected chi connectivity index (χ4v) is 1.65. The van der Waals surface area contributed by atoms with Crippen molar-refractivity contribution < 1.29 is 14.6 Å². The van der Waals surface area contributed by atoms with Crippen molar-refractivity contribution in [3.8, 4) is 5.75 Å². The van der Waals surface area contributed by atoms with Gasteiger partial charge in [-0.1, -0.05) is 0 Å². The summed E-state index contributed by atoms with van der Waals surface area (Å²) in [6, 6.07) is 5.48. The van der Waals surface area contributed by atoms with Crippen LogP contribution in [0.25, 0.3) is 10.9 Å². The van der Waals surface area contributed by atoms with Gasteiger partial charge < -0.3 is 9.84 Å². The smallest absolute Gasteiger partial charge is 0.325 e. The summed E-state index contributed by atoms with van der Waals surface area (Å²) in [7, 11) is 1.60. The molecule has 0 unspecified atom stereocenters. The van der Waals surface area contributed by atoms with E-state index in [-0.39, 0.29) is 6.54 Å². The molecule has 0 amide bonds. The number of hydrogen-bond acceptors (Lipinski definition) is 3. The minimum atomic E-state index is -0.900. The Morgan fingerprint density at radius 1 is 1.56 bits per heavy atom. The van der Waals surface area contributed by atoms with E-state index >= 15 is 0 Å². The molecule has 5 nitrogen and oxygen atoms in total. The zero-order chi connectivity index (χ0) is 11.7. The molecule has 0 atom stereocenters. The van der Waals surface area contributed by atoms with E-state index in [4.69, 9.17) is 9.84 Å². The van der Waals surface area contributed by atoms with Crippen LogP contribution in [0.1, 0.15) is 5.69 Å². The highest BCUT2D eigenvalue weighted by molar-refractivity contribution is 5.83. The number of nitrogens with zero attached hydrogens (tertiary/aromatic N) is 2. The Morgan fingerprint density at radius 3 is 2.94 bits per heavy atom. The second-order valence-electron chi connectivity index (χ2n) is 3.52. The van der Waals surface area contributed by atoms with Crippen molar-refractivity contribution in [1.82, 2.24) is 9.78 Å². The SMILES string of the molecule is COc1ccc2nn(CC(=O)O)c(C)c2c1. The van der Waals surface area contributed by atoms with Crippen LogP contribution in [0, 0.1) is 6.92 Å². The Kier molecular flexibility index (Phi) is 2.52. The molecule has 2 rings (SSSR count). The van der Waals surface area contributed by atoms with Crippen LogP contribution in [0.15, 0.2) is 18.2 Å². The number of carboxylic acids is 1. The number of fused-ring (bicyclic) bond motifs is 1. The van der Waals surface area contributed by atoms with Gasteiger partial charge in [0.05, 0.1) is 12.6 Å². The summed E-state index contributed by atoms with van der Waals surface area (Å²) in [5.41, 5.74) is 1.61. The third kappa shape index (κ3) is 1.71. The van der Waals surface area contributed by atoms with E-state index in [0.29, 0.717) is 0 Å². The molecule has 0 aliphatic rings. The second-order valence-corrected chi connectivity index (χ2v) is 3.52. The standard InChI is InChI=1S/C11H12N2O3/c1-7-9-5-8(16-2)3-4-10(9)12-13(7)6-11(14)15/h3-5H,6H2,1-2H3,(H,14,15). The van der Waals surface area contributed by atoms with Gasteiger partial charge in [-0.15, -0.1) is 0 Å². The molecule has 0 saturated carbocycles. The molecule has 5 heteroatoms. The highest BCUT2D eigenvalue weighted by Gasteiger charge is 2.10. The van der Waals surface area contributed by atoms with Crippen molar-refractivity contribution >= 4 is 16.9 Å². The highest BCUT2D eigenvalue weighted by atomic mass is 16.5. The van der Waals surface area contributed by atoms with Gasteiger partial charge in [-0.2, -0.15) is 5.10 Å². The summed E-state index contributed by atoms with van der Waals surface area (Å²) in [6.45, 7) is 1.72. The van der Waals surface area contributed by atoms with Gasteiger partial charge >= 0.3 is 5.97 Å². The van der Waals surface area contributed by atoms with Gasteiger partial charge in [0.25, 0.3) is 0 Å². The summed E-state index contributed by atoms with van der Waals surface area (Å²) in [5.74, 6) is -0.159. The van der Waals surface area contributed by atoms with Crippen LogP contribution >= 0.6 is 0 Å². The number of hydrogen-bond donors (Lipinski definition) is 1. The number of methoxy groups -OCH3 is 1. The van der Waals surface area contributed by atoms with Crippen molar-refractivity contribution in [1.29, 1.82) is 0 Å². The fraction of sp³-hybridized carbons (Fsp3) is 0.273. The average Bonchev–Trinajstić information content (AvgIpc) is 2.55. The molecular weight excluding hydrogens is 208 g/mol. The van der Waals surface area contributed by atoms with Gasteiger partial charge in [0.2, 0.25) is 0 Å². The molecule has 84 valence electrons. The Hall–Kier alpha value is -2.04. The van der Waals surface area contributed by atoms with Gasteiger partial charge in [0.15, 0.2) is 0 Å². The number of aliphatic carboxylic acids is 1. The fourth-order valence-electron chi connectivity index (χ4n) is 1.65. The minimum absolute atomic E-state index is 0.122. The van der Waals surface area contributed by atoms with Crippen molar-refractivity contribution in [3.63, 3.8) is 0 Å². The zero-order valence-corrected chi connectivity index (χ0v) is 9.10. The molecule has 0 aliphatic heterocycles. The third-order valence-corrected chi connectivity index (χ3v) is 2.49. The molecule has 16 heavy (non-hydrogen) atoms. The number of aromatic nitrogens is 2. The minimum Gasteiger partial charge on any atom is -0.497 e. The normalized spacial score (nSPS) is 10.6. The first-order valence-corrected chi connectivity index (χ1v) is 4.85. The summed E-state index contributed by atoms with van der Waals surface area (Å²) in [4.78, 5) is 10.6. The maximum Gasteiger partial charge on any atom is 0.325 e. The molecule has 0 radical (unpaired) electrons. The van der Waals surface area contributed by atoms with Crippen LogP contribution in [0.5, 0.6) is 5.75 Å². The van der Waals surface area contributed by atoms with Crippen LogP contribution in [-0.4, -0.2) is 28.0 Å². The van der Waals surface area contributed by atoms with Crippen LogP contribution < -0.4 is 4.74 Å². The lowest BCUT2D eigenvalue weighted by Gasteiger charge is -1.99. The second kappa shape index (κ2) is 3.84. The van der Waals surface area contributed by atoms with Crippen molar-refractivity contribution in [2.24, 2.45) is 0 Å². The van der Waals surface area contributed by atoms with E-state index in [2.05, 4.69) is 5.10 Å². The molecule has 1 heterocycles. The highest BCUT2D eigenvalue weighted by Crippen LogP contribution is 2.22. The van der Waals surface area contributed by atoms with E-state index in [1.54, 1.807) is 13.2 Å². The molecule has 1 aromatic carbocycles. The van der Waals surface area contributed by atoms with Crippen LogP contribution in [0.2, 0.25) is 0 Å². The number of carboxylic acid groups (broad SMARTS) is 1. The Balaban J connectivity index is 2.54. The molecule has 0 aliphatic carbocycles. The molecule has 1 aromatic heterocycles. The summed E-state index contributed by atoms with van der Waals surface area (Å²) in [5, 5.41) is 13.9. The van der Waals surface area contributed by atoms with E-state index in [0.717, 1.165) is 22.3 Å². The summed E-state index contributed by atoms with van der Waals surface area (Å²) < 4.78 is 6.59. The molecule has 0 bridgehead atoms. The average molecular weight is 220 g/mol.